The zero-order valence-electron chi connectivity index (χ0n) is 24.1. The van der Waals surface area contributed by atoms with Crippen LogP contribution in [0.15, 0.2) is 59.5 Å². The Balaban J connectivity index is 0.00000353. The third kappa shape index (κ3) is 5.18. The van der Waals surface area contributed by atoms with Gasteiger partial charge in [0.25, 0.3) is 0 Å². The molecule has 11 heteroatoms. The molecule has 0 unspecified atom stereocenters. The summed E-state index contributed by atoms with van der Waals surface area (Å²) in [5.74, 6) is -1.32. The van der Waals surface area contributed by atoms with Gasteiger partial charge in [0.1, 0.15) is 10.4 Å². The number of aromatic nitrogens is 3. The first-order valence-electron chi connectivity index (χ1n) is 14.2. The standard InChI is InChI=1S/C31H35N5O4S.H2S/c1-4-36-28-14-13-25(21(3)31(28)32-33-36)26(17-30(37)38)22-12-11-20(2)23(16-22)18-34-19-24-8-7-15-35(24)27-9-5-6-10-29(27)41(34,39)40;/h5-6,9-14,16,24,26H,4,7-8,15,17-19H2,1-3H3,(H,37,38);1H2/t24-,26+;/m0./s1. The molecule has 0 saturated carbocycles. The van der Waals surface area contributed by atoms with Gasteiger partial charge in [-0.15, -0.1) is 5.10 Å². The van der Waals surface area contributed by atoms with E-state index in [9.17, 15) is 18.3 Å². The van der Waals surface area contributed by atoms with Gasteiger partial charge in [0.2, 0.25) is 10.0 Å². The summed E-state index contributed by atoms with van der Waals surface area (Å²) >= 11 is 0. The van der Waals surface area contributed by atoms with E-state index in [1.807, 2.05) is 67.9 Å². The van der Waals surface area contributed by atoms with E-state index in [0.717, 1.165) is 63.9 Å². The van der Waals surface area contributed by atoms with Gasteiger partial charge < -0.3 is 10.0 Å². The normalized spacial score (nSPS) is 18.6. The molecule has 0 amide bonds. The third-order valence-electron chi connectivity index (χ3n) is 8.74. The fourth-order valence-corrected chi connectivity index (χ4v) is 8.18. The quantitative estimate of drug-likeness (QED) is 0.316. The van der Waals surface area contributed by atoms with Crippen molar-refractivity contribution in [1.29, 1.82) is 0 Å². The maximum atomic E-state index is 14.0. The van der Waals surface area contributed by atoms with E-state index in [-0.39, 0.29) is 32.5 Å². The fraction of sp³-hybridized carbons (Fsp3) is 0.387. The summed E-state index contributed by atoms with van der Waals surface area (Å²) < 4.78 is 31.4. The fourth-order valence-electron chi connectivity index (χ4n) is 6.52. The van der Waals surface area contributed by atoms with Gasteiger partial charge >= 0.3 is 5.97 Å². The van der Waals surface area contributed by atoms with E-state index in [1.165, 1.54) is 0 Å². The first kappa shape index (κ1) is 30.1. The number of anilines is 1. The van der Waals surface area contributed by atoms with E-state index in [4.69, 9.17) is 0 Å². The number of fused-ring (bicyclic) bond motifs is 4. The van der Waals surface area contributed by atoms with Crippen molar-refractivity contribution in [2.45, 2.75) is 70.0 Å². The second kappa shape index (κ2) is 11.7. The number of carboxylic acid groups (broad SMARTS) is 1. The predicted molar refractivity (Wildman–Crippen MR) is 168 cm³/mol. The number of benzene rings is 3. The molecule has 2 aliphatic heterocycles. The first-order valence-corrected chi connectivity index (χ1v) is 15.6. The molecule has 3 aromatic carbocycles. The molecule has 1 saturated heterocycles. The smallest absolute Gasteiger partial charge is 0.304 e. The lowest BCUT2D eigenvalue weighted by Gasteiger charge is -2.27. The van der Waals surface area contributed by atoms with E-state index < -0.39 is 21.9 Å². The molecule has 1 fully saturated rings. The van der Waals surface area contributed by atoms with E-state index in [2.05, 4.69) is 15.2 Å². The van der Waals surface area contributed by atoms with Gasteiger partial charge in [0, 0.05) is 38.1 Å². The Morgan fingerprint density at radius 2 is 1.90 bits per heavy atom. The first-order chi connectivity index (χ1) is 19.7. The van der Waals surface area contributed by atoms with Crippen LogP contribution in [0.25, 0.3) is 11.0 Å². The number of nitrogens with zero attached hydrogens (tertiary/aromatic N) is 5. The van der Waals surface area contributed by atoms with Crippen molar-refractivity contribution in [2.24, 2.45) is 0 Å². The summed E-state index contributed by atoms with van der Waals surface area (Å²) in [6.45, 7) is 8.14. The summed E-state index contributed by atoms with van der Waals surface area (Å²) in [4.78, 5) is 14.7. The molecule has 0 aliphatic carbocycles. The average Bonchev–Trinajstić information content (AvgIpc) is 3.58. The number of hydrogen-bond acceptors (Lipinski definition) is 6. The van der Waals surface area contributed by atoms with Crippen LogP contribution >= 0.6 is 13.5 Å². The highest BCUT2D eigenvalue weighted by atomic mass is 32.2. The Morgan fingerprint density at radius 1 is 1.12 bits per heavy atom. The highest BCUT2D eigenvalue weighted by molar-refractivity contribution is 7.89. The number of rotatable bonds is 7. The maximum absolute atomic E-state index is 14.0. The summed E-state index contributed by atoms with van der Waals surface area (Å²) in [6, 6.07) is 17.3. The Kier molecular flexibility index (Phi) is 8.37. The van der Waals surface area contributed by atoms with Crippen molar-refractivity contribution < 1.29 is 18.3 Å². The largest absolute Gasteiger partial charge is 0.481 e. The maximum Gasteiger partial charge on any atom is 0.304 e. The average molecular weight is 608 g/mol. The van der Waals surface area contributed by atoms with E-state index in [0.29, 0.717) is 18.0 Å². The van der Waals surface area contributed by atoms with Crippen LogP contribution in [0.1, 0.15) is 59.9 Å². The molecule has 222 valence electrons. The highest BCUT2D eigenvalue weighted by Crippen LogP contribution is 2.39. The molecule has 1 aromatic heterocycles. The summed E-state index contributed by atoms with van der Waals surface area (Å²) in [5, 5.41) is 18.5. The van der Waals surface area contributed by atoms with Crippen LogP contribution in [-0.4, -0.2) is 57.9 Å². The third-order valence-corrected chi connectivity index (χ3v) is 10.6. The van der Waals surface area contributed by atoms with Crippen molar-refractivity contribution in [2.75, 3.05) is 18.0 Å². The predicted octanol–water partition coefficient (Wildman–Crippen LogP) is 4.96. The minimum absolute atomic E-state index is 0. The van der Waals surface area contributed by atoms with Crippen molar-refractivity contribution in [3.63, 3.8) is 0 Å². The van der Waals surface area contributed by atoms with Gasteiger partial charge in [-0.3, -0.25) is 4.79 Å². The van der Waals surface area contributed by atoms with Gasteiger partial charge in [0.15, 0.2) is 0 Å². The van der Waals surface area contributed by atoms with Crippen LogP contribution in [0.4, 0.5) is 5.69 Å². The minimum atomic E-state index is -3.73. The van der Waals surface area contributed by atoms with Gasteiger partial charge in [-0.2, -0.15) is 17.8 Å². The molecular formula is C31H37N5O4S2. The zero-order valence-corrected chi connectivity index (χ0v) is 25.9. The Bertz CT molecular complexity index is 1750. The molecule has 1 N–H and O–H groups in total. The lowest BCUT2D eigenvalue weighted by Crippen LogP contribution is -2.39. The van der Waals surface area contributed by atoms with Crippen molar-refractivity contribution in [3.05, 3.63) is 82.4 Å². The van der Waals surface area contributed by atoms with Crippen LogP contribution in [0, 0.1) is 13.8 Å². The number of sulfonamides is 1. The lowest BCUT2D eigenvalue weighted by molar-refractivity contribution is -0.137. The molecule has 6 rings (SSSR count). The van der Waals surface area contributed by atoms with E-state index >= 15 is 0 Å². The molecule has 0 bridgehead atoms. The van der Waals surface area contributed by atoms with Crippen LogP contribution in [-0.2, 0) is 27.9 Å². The lowest BCUT2D eigenvalue weighted by atomic mass is 9.84. The molecule has 2 aliphatic rings. The number of carboxylic acids is 1. The van der Waals surface area contributed by atoms with Gasteiger partial charge in [-0.25, -0.2) is 13.1 Å². The zero-order chi connectivity index (χ0) is 28.9. The Morgan fingerprint density at radius 3 is 2.67 bits per heavy atom. The van der Waals surface area contributed by atoms with Crippen molar-refractivity contribution >= 4 is 46.2 Å². The highest BCUT2D eigenvalue weighted by Gasteiger charge is 2.39. The molecule has 0 spiro atoms. The summed E-state index contributed by atoms with van der Waals surface area (Å²) in [5.41, 5.74) is 6.95. The molecule has 42 heavy (non-hydrogen) atoms. The molecule has 9 nitrogen and oxygen atoms in total. The number of para-hydroxylation sites is 1. The number of aliphatic carboxylic acids is 1. The number of carbonyl (C=O) groups is 1. The van der Waals surface area contributed by atoms with Gasteiger partial charge in [-0.05, 0) is 79.6 Å². The second-order valence-corrected chi connectivity index (χ2v) is 13.1. The van der Waals surface area contributed by atoms with Crippen LogP contribution in [0.5, 0.6) is 0 Å². The Labute approximate surface area is 253 Å². The number of hydrogen-bond donors (Lipinski definition) is 1. The minimum Gasteiger partial charge on any atom is -0.481 e. The molecule has 2 atom stereocenters. The van der Waals surface area contributed by atoms with Crippen molar-refractivity contribution in [3.8, 4) is 0 Å². The summed E-state index contributed by atoms with van der Waals surface area (Å²) in [7, 11) is -3.73. The topological polar surface area (TPSA) is 109 Å². The molecule has 0 radical (unpaired) electrons. The molecule has 3 heterocycles. The van der Waals surface area contributed by atoms with Gasteiger partial charge in [-0.1, -0.05) is 41.6 Å². The monoisotopic (exact) mass is 607 g/mol. The van der Waals surface area contributed by atoms with E-state index in [1.54, 1.807) is 16.4 Å². The molecule has 4 aromatic rings. The van der Waals surface area contributed by atoms with Crippen LogP contribution in [0.2, 0.25) is 0 Å². The number of aryl methyl sites for hydroxylation is 3. The van der Waals surface area contributed by atoms with Crippen LogP contribution in [0.3, 0.4) is 0 Å². The SMILES string of the molecule is CCn1nnc2c(C)c([C@H](CC(=O)O)c3ccc(C)c(CN4C[C@@H]5CCCN5c5ccccc5S4(=O)=O)c3)ccc21.S. The van der Waals surface area contributed by atoms with Crippen LogP contribution < -0.4 is 4.90 Å². The molecular weight excluding hydrogens is 571 g/mol. The van der Waals surface area contributed by atoms with Crippen molar-refractivity contribution in [1.82, 2.24) is 19.3 Å². The summed E-state index contributed by atoms with van der Waals surface area (Å²) in [6.07, 6.45) is 1.89. The Hall–Kier alpha value is -3.41. The van der Waals surface area contributed by atoms with Gasteiger partial charge in [0.05, 0.1) is 17.6 Å². The second-order valence-electron chi connectivity index (χ2n) is 11.1.